The topological polar surface area (TPSA) is 72.6 Å². The zero-order chi connectivity index (χ0) is 14.5. The van der Waals surface area contributed by atoms with E-state index in [1.165, 1.54) is 15.6 Å². The van der Waals surface area contributed by atoms with Crippen LogP contribution in [-0.2, 0) is 21.2 Å². The van der Waals surface area contributed by atoms with Crippen molar-refractivity contribution in [3.05, 3.63) is 17.0 Å². The van der Waals surface area contributed by atoms with E-state index in [0.717, 1.165) is 4.88 Å². The Kier molecular flexibility index (Phi) is 6.41. The molecular formula is C12H22N2O3S2. The van der Waals surface area contributed by atoms with Crippen LogP contribution in [-0.4, -0.2) is 45.6 Å². The van der Waals surface area contributed by atoms with Gasteiger partial charge in [0.25, 0.3) is 10.0 Å². The first-order valence-electron chi connectivity index (χ1n) is 6.26. The molecule has 0 saturated heterocycles. The van der Waals surface area contributed by atoms with Crippen molar-refractivity contribution >= 4 is 21.4 Å². The summed E-state index contributed by atoms with van der Waals surface area (Å²) in [5.74, 6) is 0. The van der Waals surface area contributed by atoms with E-state index in [4.69, 9.17) is 10.5 Å². The van der Waals surface area contributed by atoms with E-state index in [0.29, 0.717) is 30.3 Å². The summed E-state index contributed by atoms with van der Waals surface area (Å²) < 4.78 is 32.0. The van der Waals surface area contributed by atoms with Crippen molar-refractivity contribution in [3.63, 3.8) is 0 Å². The molecule has 5 nitrogen and oxygen atoms in total. The van der Waals surface area contributed by atoms with Gasteiger partial charge in [0.2, 0.25) is 0 Å². The first kappa shape index (κ1) is 16.6. The number of hydrogen-bond donors (Lipinski definition) is 1. The van der Waals surface area contributed by atoms with Crippen LogP contribution in [0.3, 0.4) is 0 Å². The molecule has 0 bridgehead atoms. The van der Waals surface area contributed by atoms with Gasteiger partial charge in [-0.3, -0.25) is 0 Å². The Morgan fingerprint density at radius 3 is 2.68 bits per heavy atom. The van der Waals surface area contributed by atoms with E-state index in [1.54, 1.807) is 13.2 Å². The zero-order valence-corrected chi connectivity index (χ0v) is 13.3. The van der Waals surface area contributed by atoms with E-state index in [2.05, 4.69) is 0 Å². The molecule has 0 radical (unpaired) electrons. The Labute approximate surface area is 119 Å². The minimum Gasteiger partial charge on any atom is -0.383 e. The summed E-state index contributed by atoms with van der Waals surface area (Å²) in [6.45, 7) is 5.01. The minimum atomic E-state index is -3.44. The zero-order valence-electron chi connectivity index (χ0n) is 11.6. The molecule has 2 N–H and O–H groups in total. The summed E-state index contributed by atoms with van der Waals surface area (Å²) >= 11 is 1.29. The number of sulfonamides is 1. The predicted molar refractivity (Wildman–Crippen MR) is 78.0 cm³/mol. The van der Waals surface area contributed by atoms with Crippen molar-refractivity contribution in [2.24, 2.45) is 5.73 Å². The molecule has 0 amide bonds. The maximum atomic E-state index is 12.5. The van der Waals surface area contributed by atoms with Crippen LogP contribution < -0.4 is 5.73 Å². The van der Waals surface area contributed by atoms with E-state index in [9.17, 15) is 8.42 Å². The molecule has 0 aromatic carbocycles. The van der Waals surface area contributed by atoms with Gasteiger partial charge >= 0.3 is 0 Å². The summed E-state index contributed by atoms with van der Waals surface area (Å²) in [4.78, 5) is 0.997. The van der Waals surface area contributed by atoms with Gasteiger partial charge in [-0.05, 0) is 32.0 Å². The van der Waals surface area contributed by atoms with Gasteiger partial charge in [0.15, 0.2) is 0 Å². The fourth-order valence-electron chi connectivity index (χ4n) is 1.93. The summed E-state index contributed by atoms with van der Waals surface area (Å²) in [6.07, 6.45) is 0.708. The largest absolute Gasteiger partial charge is 0.383 e. The minimum absolute atomic E-state index is 0.181. The molecule has 0 spiro atoms. The molecular weight excluding hydrogens is 284 g/mol. The Hall–Kier alpha value is -0.470. The third-order valence-electron chi connectivity index (χ3n) is 2.80. The lowest BCUT2D eigenvalue weighted by Gasteiger charge is -2.25. The molecule has 0 aliphatic rings. The normalized spacial score (nSPS) is 13.9. The number of ether oxygens (including phenoxy) is 1. The average molecular weight is 306 g/mol. The number of nitrogens with two attached hydrogens (primary N) is 1. The lowest BCUT2D eigenvalue weighted by molar-refractivity contribution is 0.143. The first-order valence-corrected chi connectivity index (χ1v) is 8.52. The van der Waals surface area contributed by atoms with Gasteiger partial charge in [-0.1, -0.05) is 6.92 Å². The van der Waals surface area contributed by atoms with Crippen molar-refractivity contribution in [1.29, 1.82) is 0 Å². The van der Waals surface area contributed by atoms with Crippen molar-refractivity contribution < 1.29 is 13.2 Å². The number of hydrogen-bond acceptors (Lipinski definition) is 5. The number of thiophene rings is 1. The highest BCUT2D eigenvalue weighted by Crippen LogP contribution is 2.26. The number of likely N-dealkylation sites (N-methyl/N-ethyl adjacent to an activating group) is 1. The van der Waals surface area contributed by atoms with E-state index >= 15 is 0 Å². The lowest BCUT2D eigenvalue weighted by Crippen LogP contribution is -2.40. The molecule has 19 heavy (non-hydrogen) atoms. The van der Waals surface area contributed by atoms with E-state index < -0.39 is 10.0 Å². The molecule has 1 atom stereocenters. The molecule has 1 aromatic rings. The van der Waals surface area contributed by atoms with E-state index in [-0.39, 0.29) is 6.04 Å². The van der Waals surface area contributed by atoms with Gasteiger partial charge in [-0.15, -0.1) is 11.3 Å². The molecule has 1 aromatic heterocycles. The molecule has 1 unspecified atom stereocenters. The highest BCUT2D eigenvalue weighted by Gasteiger charge is 2.28. The molecule has 7 heteroatoms. The fraction of sp³-hybridized carbons (Fsp3) is 0.667. The molecule has 0 aliphatic carbocycles. The second kappa shape index (κ2) is 7.35. The monoisotopic (exact) mass is 306 g/mol. The summed E-state index contributed by atoms with van der Waals surface area (Å²) in [7, 11) is -1.87. The number of methoxy groups -OCH3 is 1. The van der Waals surface area contributed by atoms with Crippen LogP contribution >= 0.6 is 11.3 Å². The van der Waals surface area contributed by atoms with Crippen LogP contribution in [0.25, 0.3) is 0 Å². The molecule has 1 heterocycles. The molecule has 0 aliphatic heterocycles. The van der Waals surface area contributed by atoms with Gasteiger partial charge < -0.3 is 10.5 Å². The smallest absolute Gasteiger partial charge is 0.252 e. The molecule has 0 fully saturated rings. The Morgan fingerprint density at radius 1 is 1.47 bits per heavy atom. The maximum absolute atomic E-state index is 12.5. The molecule has 0 saturated carbocycles. The van der Waals surface area contributed by atoms with Crippen molar-refractivity contribution in [2.45, 2.75) is 30.5 Å². The first-order chi connectivity index (χ1) is 8.97. The van der Waals surface area contributed by atoms with Crippen LogP contribution in [0.4, 0.5) is 0 Å². The second-order valence-corrected chi connectivity index (χ2v) is 7.56. The quantitative estimate of drug-likeness (QED) is 0.785. The van der Waals surface area contributed by atoms with Gasteiger partial charge in [-0.25, -0.2) is 8.42 Å². The summed E-state index contributed by atoms with van der Waals surface area (Å²) in [5, 5.41) is 0. The third-order valence-corrected chi connectivity index (χ3v) is 6.50. The fourth-order valence-corrected chi connectivity index (χ4v) is 5.06. The van der Waals surface area contributed by atoms with Gasteiger partial charge in [0.1, 0.15) is 4.21 Å². The SMILES string of the molecule is CCN(C(C)COC)S(=O)(=O)c1ccc(CCN)s1. The van der Waals surface area contributed by atoms with Crippen LogP contribution in [0, 0.1) is 0 Å². The van der Waals surface area contributed by atoms with Crippen LogP contribution in [0.2, 0.25) is 0 Å². The number of rotatable bonds is 8. The van der Waals surface area contributed by atoms with Crippen molar-refractivity contribution in [1.82, 2.24) is 4.31 Å². The van der Waals surface area contributed by atoms with Gasteiger partial charge in [-0.2, -0.15) is 4.31 Å². The Morgan fingerprint density at radius 2 is 2.16 bits per heavy atom. The highest BCUT2D eigenvalue weighted by atomic mass is 32.2. The summed E-state index contributed by atoms with van der Waals surface area (Å²) in [5.41, 5.74) is 5.48. The Balaban J connectivity index is 2.99. The standard InChI is InChI=1S/C12H22N2O3S2/c1-4-14(10(2)9-17-3)19(15,16)12-6-5-11(18-12)7-8-13/h5-6,10H,4,7-9,13H2,1-3H3. The maximum Gasteiger partial charge on any atom is 0.252 e. The number of nitrogens with zero attached hydrogens (tertiary/aromatic N) is 1. The van der Waals surface area contributed by atoms with Crippen LogP contribution in [0.5, 0.6) is 0 Å². The third kappa shape index (κ3) is 4.00. The second-order valence-electron chi connectivity index (χ2n) is 4.27. The average Bonchev–Trinajstić information content (AvgIpc) is 2.79. The van der Waals surface area contributed by atoms with Crippen LogP contribution in [0.15, 0.2) is 16.3 Å². The predicted octanol–water partition coefficient (Wildman–Crippen LogP) is 1.29. The molecule has 1 rings (SSSR count). The van der Waals surface area contributed by atoms with Gasteiger partial charge in [0, 0.05) is 24.6 Å². The van der Waals surface area contributed by atoms with Gasteiger partial charge in [0.05, 0.1) is 6.61 Å². The van der Waals surface area contributed by atoms with E-state index in [1.807, 2.05) is 19.9 Å². The van der Waals surface area contributed by atoms with Crippen LogP contribution in [0.1, 0.15) is 18.7 Å². The van der Waals surface area contributed by atoms with Crippen molar-refractivity contribution in [2.75, 3.05) is 26.8 Å². The molecule has 110 valence electrons. The highest BCUT2D eigenvalue weighted by molar-refractivity contribution is 7.91. The summed E-state index contributed by atoms with van der Waals surface area (Å²) in [6, 6.07) is 3.31. The van der Waals surface area contributed by atoms with Crippen molar-refractivity contribution in [3.8, 4) is 0 Å². The Bertz CT molecular complexity index is 485. The lowest BCUT2D eigenvalue weighted by atomic mass is 10.3.